The Balaban J connectivity index is 3.09. The van der Waals surface area contributed by atoms with E-state index in [1.807, 2.05) is 27.7 Å². The fourth-order valence-electron chi connectivity index (χ4n) is 1.84. The maximum atomic E-state index is 14.5. The van der Waals surface area contributed by atoms with E-state index in [2.05, 4.69) is 24.2 Å². The highest BCUT2D eigenvalue weighted by molar-refractivity contribution is 7.81. The molecule has 0 aromatic heterocycles. The molecular weight excluding hydrogens is 310 g/mol. The maximum absolute atomic E-state index is 14.5. The number of allylic oxidation sites excluding steroid dienone is 1. The largest absolute Gasteiger partial charge is 0.428 e. The molecule has 0 saturated heterocycles. The third kappa shape index (κ3) is 4.61. The molecule has 0 aliphatic rings. The number of aliphatic imine (C=N–C) groups is 1. The van der Waals surface area contributed by atoms with Crippen molar-refractivity contribution in [1.82, 2.24) is 0 Å². The van der Waals surface area contributed by atoms with E-state index in [4.69, 9.17) is 10.4 Å². The molecule has 0 spiro atoms. The average Bonchev–Trinajstić information content (AvgIpc) is 2.38. The van der Waals surface area contributed by atoms with Crippen LogP contribution in [0.1, 0.15) is 40.2 Å². The van der Waals surface area contributed by atoms with Gasteiger partial charge >= 0.3 is 7.48 Å². The summed E-state index contributed by atoms with van der Waals surface area (Å²) in [6, 6.07) is 3.04. The SMILES string of the molecule is C=C(C)C(=NC)c1c(N)cc([B]OC(C)(C)C(C)(C)S)cc1F. The Hall–Kier alpha value is -1.27. The molecule has 0 atom stereocenters. The van der Waals surface area contributed by atoms with E-state index in [0.29, 0.717) is 22.4 Å². The lowest BCUT2D eigenvalue weighted by Gasteiger charge is -2.38. The van der Waals surface area contributed by atoms with Gasteiger partial charge in [0.25, 0.3) is 0 Å². The molecule has 0 heterocycles. The van der Waals surface area contributed by atoms with Gasteiger partial charge in [0.1, 0.15) is 5.82 Å². The Labute approximate surface area is 144 Å². The van der Waals surface area contributed by atoms with Gasteiger partial charge in [-0.1, -0.05) is 6.58 Å². The first-order chi connectivity index (χ1) is 10.4. The average molecular weight is 335 g/mol. The standard InChI is InChI=1S/C17H25BFN2OS/c1-10(2)15(21-7)14-12(19)8-11(9-13(14)20)18-22-16(3,4)17(5,6)23/h8-9,23H,1,20H2,2-7H3. The summed E-state index contributed by atoms with van der Waals surface area (Å²) >= 11 is 4.53. The summed E-state index contributed by atoms with van der Waals surface area (Å²) in [4.78, 5) is 4.07. The predicted octanol–water partition coefficient (Wildman–Crippen LogP) is 3.15. The van der Waals surface area contributed by atoms with Crippen molar-refractivity contribution in [1.29, 1.82) is 0 Å². The number of nitrogen functional groups attached to an aromatic ring is 1. The number of nitrogens with two attached hydrogens (primary N) is 1. The zero-order valence-corrected chi connectivity index (χ0v) is 15.6. The predicted molar refractivity (Wildman–Crippen MR) is 102 cm³/mol. The highest BCUT2D eigenvalue weighted by atomic mass is 32.1. The topological polar surface area (TPSA) is 47.6 Å². The van der Waals surface area contributed by atoms with Gasteiger partial charge in [-0.3, -0.25) is 4.99 Å². The Bertz CT molecular complexity index is 613. The monoisotopic (exact) mass is 335 g/mol. The van der Waals surface area contributed by atoms with Crippen molar-refractivity contribution in [2.75, 3.05) is 12.8 Å². The molecule has 1 rings (SSSR count). The van der Waals surface area contributed by atoms with E-state index in [-0.39, 0.29) is 10.3 Å². The number of hydrogen-bond acceptors (Lipinski definition) is 4. The number of halogens is 1. The zero-order valence-electron chi connectivity index (χ0n) is 14.7. The number of thiol groups is 1. The number of benzene rings is 1. The molecule has 3 nitrogen and oxygen atoms in total. The fourth-order valence-corrected chi connectivity index (χ4v) is 1.90. The van der Waals surface area contributed by atoms with Crippen LogP contribution in [0.25, 0.3) is 0 Å². The van der Waals surface area contributed by atoms with E-state index in [1.54, 1.807) is 20.0 Å². The van der Waals surface area contributed by atoms with Crippen LogP contribution in [0.5, 0.6) is 0 Å². The van der Waals surface area contributed by atoms with Gasteiger partial charge < -0.3 is 10.4 Å². The van der Waals surface area contributed by atoms with Crippen molar-refractivity contribution in [3.8, 4) is 0 Å². The lowest BCUT2D eigenvalue weighted by molar-refractivity contribution is 0.0854. The van der Waals surface area contributed by atoms with Crippen molar-refractivity contribution >= 4 is 37.0 Å². The number of nitrogens with zero attached hydrogens (tertiary/aromatic N) is 1. The van der Waals surface area contributed by atoms with Crippen molar-refractivity contribution in [3.63, 3.8) is 0 Å². The maximum Gasteiger partial charge on any atom is 0.330 e. The van der Waals surface area contributed by atoms with Crippen molar-refractivity contribution in [3.05, 3.63) is 35.7 Å². The van der Waals surface area contributed by atoms with Crippen LogP contribution in [0.3, 0.4) is 0 Å². The molecule has 23 heavy (non-hydrogen) atoms. The van der Waals surface area contributed by atoms with Gasteiger partial charge in [-0.05, 0) is 57.8 Å². The molecule has 1 aromatic rings. The van der Waals surface area contributed by atoms with Crippen LogP contribution in [-0.4, -0.2) is 30.6 Å². The van der Waals surface area contributed by atoms with E-state index in [0.717, 1.165) is 0 Å². The molecule has 0 amide bonds. The third-order valence-corrected chi connectivity index (χ3v) is 4.51. The smallest absolute Gasteiger partial charge is 0.330 e. The van der Waals surface area contributed by atoms with Gasteiger partial charge in [-0.2, -0.15) is 12.6 Å². The summed E-state index contributed by atoms with van der Waals surface area (Å²) in [6.07, 6.45) is 0. The molecule has 0 fully saturated rings. The van der Waals surface area contributed by atoms with Crippen molar-refractivity contribution in [2.45, 2.75) is 45.0 Å². The van der Waals surface area contributed by atoms with Crippen LogP contribution in [-0.2, 0) is 4.65 Å². The molecule has 0 unspecified atom stereocenters. The van der Waals surface area contributed by atoms with Crippen LogP contribution in [0, 0.1) is 5.82 Å². The molecule has 0 saturated carbocycles. The van der Waals surface area contributed by atoms with Crippen molar-refractivity contribution < 1.29 is 9.04 Å². The van der Waals surface area contributed by atoms with E-state index < -0.39 is 11.4 Å². The summed E-state index contributed by atoms with van der Waals surface area (Å²) in [5, 5.41) is 0. The van der Waals surface area contributed by atoms with Gasteiger partial charge in [0.05, 0.1) is 16.9 Å². The minimum absolute atomic E-state index is 0.269. The summed E-state index contributed by atoms with van der Waals surface area (Å²) in [6.45, 7) is 13.3. The summed E-state index contributed by atoms with van der Waals surface area (Å²) in [5.41, 5.74) is 7.71. The molecule has 0 bridgehead atoms. The Morgan fingerprint density at radius 3 is 2.30 bits per heavy atom. The lowest BCUT2D eigenvalue weighted by atomic mass is 9.82. The lowest BCUT2D eigenvalue weighted by Crippen LogP contribution is -2.45. The fraction of sp³-hybridized carbons (Fsp3) is 0.471. The van der Waals surface area contributed by atoms with Crippen molar-refractivity contribution in [2.24, 2.45) is 4.99 Å². The van der Waals surface area contributed by atoms with E-state index in [1.165, 1.54) is 13.5 Å². The number of hydrogen-bond donors (Lipinski definition) is 2. The first-order valence-electron chi connectivity index (χ1n) is 7.36. The van der Waals surface area contributed by atoms with Gasteiger partial charge in [-0.15, -0.1) is 0 Å². The third-order valence-electron chi connectivity index (χ3n) is 3.97. The summed E-state index contributed by atoms with van der Waals surface area (Å²) < 4.78 is 19.9. The highest BCUT2D eigenvalue weighted by Crippen LogP contribution is 2.30. The normalized spacial score (nSPS) is 13.1. The molecule has 1 radical (unpaired) electrons. The van der Waals surface area contributed by atoms with Gasteiger partial charge in [0, 0.05) is 17.5 Å². The van der Waals surface area contributed by atoms with Crippen LogP contribution < -0.4 is 11.2 Å². The molecule has 0 aliphatic heterocycles. The minimum atomic E-state index is -0.534. The van der Waals surface area contributed by atoms with Gasteiger partial charge in [0.15, 0.2) is 0 Å². The molecular formula is C17H25BFN2OS. The number of rotatable bonds is 6. The Morgan fingerprint density at radius 1 is 1.35 bits per heavy atom. The van der Waals surface area contributed by atoms with Crippen LogP contribution in [0.2, 0.25) is 0 Å². The second kappa shape index (κ2) is 7.10. The van der Waals surface area contributed by atoms with Crippen LogP contribution in [0.15, 0.2) is 29.3 Å². The van der Waals surface area contributed by atoms with Crippen LogP contribution in [0.4, 0.5) is 10.1 Å². The second-order valence-electron chi connectivity index (χ2n) is 6.62. The quantitative estimate of drug-likeness (QED) is 0.363. The Kier molecular flexibility index (Phi) is 6.10. The molecule has 125 valence electrons. The Morgan fingerprint density at radius 2 is 1.91 bits per heavy atom. The van der Waals surface area contributed by atoms with Gasteiger partial charge in [-0.25, -0.2) is 4.39 Å². The van der Waals surface area contributed by atoms with E-state index in [9.17, 15) is 4.39 Å². The first-order valence-corrected chi connectivity index (χ1v) is 7.81. The second-order valence-corrected chi connectivity index (χ2v) is 7.74. The van der Waals surface area contributed by atoms with Crippen LogP contribution >= 0.6 is 12.6 Å². The molecule has 2 N–H and O–H groups in total. The summed E-state index contributed by atoms with van der Waals surface area (Å²) in [7, 11) is 3.09. The van der Waals surface area contributed by atoms with Gasteiger partial charge in [0.2, 0.25) is 0 Å². The highest BCUT2D eigenvalue weighted by Gasteiger charge is 2.34. The molecule has 0 aliphatic carbocycles. The zero-order chi connectivity index (χ0) is 18.0. The minimum Gasteiger partial charge on any atom is -0.428 e. The summed E-state index contributed by atoms with van der Waals surface area (Å²) in [5.74, 6) is -0.452. The molecule has 6 heteroatoms. The number of anilines is 1. The molecule has 1 aromatic carbocycles. The van der Waals surface area contributed by atoms with E-state index >= 15 is 0 Å². The first kappa shape index (κ1) is 19.8.